The number of carbonyl (C=O) groups is 1. The first-order valence-electron chi connectivity index (χ1n) is 7.28. The number of carbonyl (C=O) groups excluding carboxylic acids is 1. The molecule has 6 heteroatoms. The van der Waals surface area contributed by atoms with Gasteiger partial charge in [-0.3, -0.25) is 4.79 Å². The van der Waals surface area contributed by atoms with Crippen LogP contribution in [-0.2, 0) is 0 Å². The van der Waals surface area contributed by atoms with Crippen LogP contribution in [0.5, 0.6) is 0 Å². The van der Waals surface area contributed by atoms with Crippen LogP contribution >= 0.6 is 0 Å². The zero-order chi connectivity index (χ0) is 14.4. The topological polar surface area (TPSA) is 70.2 Å². The number of amides is 1. The molecule has 1 atom stereocenters. The van der Waals surface area contributed by atoms with Gasteiger partial charge in [-0.15, -0.1) is 10.2 Å². The third-order valence-electron chi connectivity index (χ3n) is 3.53. The Hall–Kier alpha value is -1.69. The fourth-order valence-electron chi connectivity index (χ4n) is 2.49. The summed E-state index contributed by atoms with van der Waals surface area (Å²) >= 11 is 0. The van der Waals surface area contributed by atoms with Gasteiger partial charge in [-0.1, -0.05) is 6.92 Å². The molecule has 1 unspecified atom stereocenters. The molecule has 1 fully saturated rings. The van der Waals surface area contributed by atoms with E-state index in [0.717, 1.165) is 31.9 Å². The molecular formula is C14H23N5O. The second-order valence-electron chi connectivity index (χ2n) is 5.10. The standard InChI is InChI=1S/C14H23N5O/c1-3-9-19(10-11-5-4-8-16-11)13-7-6-12(17-18-13)14(20)15-2/h6-7,11,16H,3-5,8-10H2,1-2H3,(H,15,20). The van der Waals surface area contributed by atoms with Gasteiger partial charge in [0.25, 0.3) is 5.91 Å². The van der Waals surface area contributed by atoms with E-state index >= 15 is 0 Å². The first kappa shape index (κ1) is 14.7. The van der Waals surface area contributed by atoms with Gasteiger partial charge in [-0.2, -0.15) is 0 Å². The molecular weight excluding hydrogens is 254 g/mol. The van der Waals surface area contributed by atoms with Gasteiger partial charge in [0.15, 0.2) is 11.5 Å². The van der Waals surface area contributed by atoms with Crippen molar-refractivity contribution in [1.82, 2.24) is 20.8 Å². The van der Waals surface area contributed by atoms with E-state index in [-0.39, 0.29) is 5.91 Å². The molecule has 6 nitrogen and oxygen atoms in total. The van der Waals surface area contributed by atoms with E-state index in [4.69, 9.17) is 0 Å². The normalized spacial score (nSPS) is 18.0. The molecule has 1 amide bonds. The maximum Gasteiger partial charge on any atom is 0.271 e. The first-order valence-corrected chi connectivity index (χ1v) is 7.28. The van der Waals surface area contributed by atoms with Crippen molar-refractivity contribution >= 4 is 11.7 Å². The molecule has 0 aliphatic carbocycles. The summed E-state index contributed by atoms with van der Waals surface area (Å²) in [6.07, 6.45) is 3.52. The minimum Gasteiger partial charge on any atom is -0.354 e. The number of hydrogen-bond donors (Lipinski definition) is 2. The highest BCUT2D eigenvalue weighted by Gasteiger charge is 2.19. The summed E-state index contributed by atoms with van der Waals surface area (Å²) in [6.45, 7) is 5.15. The Morgan fingerprint density at radius 3 is 2.90 bits per heavy atom. The van der Waals surface area contributed by atoms with E-state index in [9.17, 15) is 4.79 Å². The average Bonchev–Trinajstić information content (AvgIpc) is 2.99. The van der Waals surface area contributed by atoms with Crippen molar-refractivity contribution in [2.45, 2.75) is 32.2 Å². The second kappa shape index (κ2) is 7.19. The van der Waals surface area contributed by atoms with E-state index in [0.29, 0.717) is 11.7 Å². The van der Waals surface area contributed by atoms with Crippen LogP contribution in [0.25, 0.3) is 0 Å². The zero-order valence-corrected chi connectivity index (χ0v) is 12.2. The van der Waals surface area contributed by atoms with Crippen LogP contribution in [0.1, 0.15) is 36.7 Å². The summed E-state index contributed by atoms with van der Waals surface area (Å²) in [4.78, 5) is 13.7. The highest BCUT2D eigenvalue weighted by Crippen LogP contribution is 2.14. The molecule has 2 rings (SSSR count). The largest absolute Gasteiger partial charge is 0.354 e. The number of nitrogens with one attached hydrogen (secondary N) is 2. The number of anilines is 1. The summed E-state index contributed by atoms with van der Waals surface area (Å²) in [6, 6.07) is 4.13. The highest BCUT2D eigenvalue weighted by atomic mass is 16.1. The van der Waals surface area contributed by atoms with Crippen LogP contribution in [0.3, 0.4) is 0 Å². The number of hydrogen-bond acceptors (Lipinski definition) is 5. The molecule has 0 spiro atoms. The van der Waals surface area contributed by atoms with Gasteiger partial charge in [0.1, 0.15) is 0 Å². The molecule has 1 saturated heterocycles. The predicted octanol–water partition coefficient (Wildman–Crippen LogP) is 0.805. The van der Waals surface area contributed by atoms with E-state index < -0.39 is 0 Å². The van der Waals surface area contributed by atoms with E-state index in [1.54, 1.807) is 13.1 Å². The molecule has 2 N–H and O–H groups in total. The molecule has 1 aromatic heterocycles. The van der Waals surface area contributed by atoms with Gasteiger partial charge < -0.3 is 15.5 Å². The van der Waals surface area contributed by atoms with E-state index in [1.807, 2.05) is 6.07 Å². The Bertz CT molecular complexity index is 428. The van der Waals surface area contributed by atoms with Gasteiger partial charge >= 0.3 is 0 Å². The van der Waals surface area contributed by atoms with Gasteiger partial charge in [0.05, 0.1) is 0 Å². The Morgan fingerprint density at radius 1 is 1.50 bits per heavy atom. The maximum absolute atomic E-state index is 11.5. The first-order chi connectivity index (χ1) is 9.74. The van der Waals surface area contributed by atoms with Crippen LogP contribution in [0, 0.1) is 0 Å². The van der Waals surface area contributed by atoms with Gasteiger partial charge in [0.2, 0.25) is 0 Å². The lowest BCUT2D eigenvalue weighted by atomic mass is 10.2. The van der Waals surface area contributed by atoms with Crippen molar-refractivity contribution in [3.8, 4) is 0 Å². The van der Waals surface area contributed by atoms with Crippen LogP contribution in [0.2, 0.25) is 0 Å². The number of aromatic nitrogens is 2. The van der Waals surface area contributed by atoms with Gasteiger partial charge in [0, 0.05) is 26.2 Å². The fraction of sp³-hybridized carbons (Fsp3) is 0.643. The predicted molar refractivity (Wildman–Crippen MR) is 79.0 cm³/mol. The lowest BCUT2D eigenvalue weighted by Gasteiger charge is -2.26. The van der Waals surface area contributed by atoms with Crippen molar-refractivity contribution in [2.24, 2.45) is 0 Å². The fourth-order valence-corrected chi connectivity index (χ4v) is 2.49. The molecule has 1 aromatic rings. The van der Waals surface area contributed by atoms with Crippen LogP contribution < -0.4 is 15.5 Å². The third-order valence-corrected chi connectivity index (χ3v) is 3.53. The molecule has 0 radical (unpaired) electrons. The zero-order valence-electron chi connectivity index (χ0n) is 12.2. The lowest BCUT2D eigenvalue weighted by molar-refractivity contribution is 0.0957. The maximum atomic E-state index is 11.5. The monoisotopic (exact) mass is 277 g/mol. The Kier molecular flexibility index (Phi) is 5.29. The van der Waals surface area contributed by atoms with Crippen LogP contribution in [0.15, 0.2) is 12.1 Å². The molecule has 2 heterocycles. The van der Waals surface area contributed by atoms with Gasteiger partial charge in [-0.25, -0.2) is 0 Å². The SMILES string of the molecule is CCCN(CC1CCCN1)c1ccc(C(=O)NC)nn1. The minimum absolute atomic E-state index is 0.205. The highest BCUT2D eigenvalue weighted by molar-refractivity contribution is 5.91. The van der Waals surface area contributed by atoms with E-state index in [2.05, 4.69) is 32.7 Å². The molecule has 0 saturated carbocycles. The van der Waals surface area contributed by atoms with Crippen molar-refractivity contribution in [2.75, 3.05) is 31.6 Å². The summed E-state index contributed by atoms with van der Waals surface area (Å²) in [5.74, 6) is 0.636. The molecule has 1 aliphatic heterocycles. The lowest BCUT2D eigenvalue weighted by Crippen LogP contribution is -2.38. The summed E-state index contributed by atoms with van der Waals surface area (Å²) in [7, 11) is 1.59. The summed E-state index contributed by atoms with van der Waals surface area (Å²) in [5, 5.41) is 14.2. The summed E-state index contributed by atoms with van der Waals surface area (Å²) < 4.78 is 0. The summed E-state index contributed by atoms with van der Waals surface area (Å²) in [5.41, 5.74) is 0.353. The minimum atomic E-state index is -0.205. The van der Waals surface area contributed by atoms with Gasteiger partial charge in [-0.05, 0) is 37.9 Å². The Morgan fingerprint density at radius 2 is 2.35 bits per heavy atom. The van der Waals surface area contributed by atoms with Crippen LogP contribution in [-0.4, -0.2) is 48.8 Å². The molecule has 110 valence electrons. The van der Waals surface area contributed by atoms with Crippen molar-refractivity contribution < 1.29 is 4.79 Å². The molecule has 20 heavy (non-hydrogen) atoms. The number of rotatable bonds is 6. The molecule has 0 bridgehead atoms. The number of nitrogens with zero attached hydrogens (tertiary/aromatic N) is 3. The van der Waals surface area contributed by atoms with Crippen molar-refractivity contribution in [3.05, 3.63) is 17.8 Å². The van der Waals surface area contributed by atoms with Crippen LogP contribution in [0.4, 0.5) is 5.82 Å². The Labute approximate surface area is 120 Å². The van der Waals surface area contributed by atoms with Crippen molar-refractivity contribution in [3.63, 3.8) is 0 Å². The quantitative estimate of drug-likeness (QED) is 0.805. The van der Waals surface area contributed by atoms with Crippen molar-refractivity contribution in [1.29, 1.82) is 0 Å². The molecule has 1 aliphatic rings. The van der Waals surface area contributed by atoms with E-state index in [1.165, 1.54) is 12.8 Å². The average molecular weight is 277 g/mol. The second-order valence-corrected chi connectivity index (χ2v) is 5.10. The smallest absolute Gasteiger partial charge is 0.271 e. The molecule has 0 aromatic carbocycles. The Balaban J connectivity index is 2.05. The third kappa shape index (κ3) is 3.66.